The molecule has 12 heavy (non-hydrogen) atoms. The topological polar surface area (TPSA) is 38.5 Å². The molecule has 0 amide bonds. The minimum atomic E-state index is -3.09. The molecule has 1 fully saturated rings. The Hall–Kier alpha value is -0.560. The summed E-state index contributed by atoms with van der Waals surface area (Å²) < 4.78 is 22.7. The molecule has 0 aromatic rings. The molecular formula is C8H13NO2S. The quantitative estimate of drug-likeness (QED) is 0.616. The van der Waals surface area contributed by atoms with Crippen LogP contribution in [0.3, 0.4) is 0 Å². The van der Waals surface area contributed by atoms with Gasteiger partial charge in [0.2, 0.25) is 9.84 Å². The molecule has 0 aromatic heterocycles. The number of hydrogen-bond acceptors (Lipinski definition) is 2. The molecular weight excluding hydrogens is 174 g/mol. The van der Waals surface area contributed by atoms with Crippen LogP contribution < -0.4 is 0 Å². The van der Waals surface area contributed by atoms with Gasteiger partial charge in [0.1, 0.15) is 0 Å². The predicted octanol–water partition coefficient (Wildman–Crippen LogP) is 1.61. The Morgan fingerprint density at radius 3 is 2.33 bits per heavy atom. The van der Waals surface area contributed by atoms with E-state index in [0.717, 1.165) is 32.1 Å². The molecule has 4 heteroatoms. The normalized spacial score (nSPS) is 20.2. The first kappa shape index (κ1) is 9.53. The first-order valence-electron chi connectivity index (χ1n) is 4.21. The summed E-state index contributed by atoms with van der Waals surface area (Å²) in [6.07, 6.45) is 4.67. The van der Waals surface area contributed by atoms with Gasteiger partial charge >= 0.3 is 5.88 Å². The highest BCUT2D eigenvalue weighted by atomic mass is 32.2. The highest BCUT2D eigenvalue weighted by Gasteiger charge is 2.29. The van der Waals surface area contributed by atoms with Crippen molar-refractivity contribution in [3.05, 3.63) is 11.4 Å². The Morgan fingerprint density at radius 1 is 1.25 bits per heavy atom. The molecule has 1 aliphatic carbocycles. The largest absolute Gasteiger partial charge is 0.312 e. The van der Waals surface area contributed by atoms with Crippen LogP contribution in [0.1, 0.15) is 32.1 Å². The van der Waals surface area contributed by atoms with E-state index in [0.29, 0.717) is 0 Å². The molecule has 0 bridgehead atoms. The van der Waals surface area contributed by atoms with Gasteiger partial charge in [0.05, 0.1) is 5.25 Å². The lowest BCUT2D eigenvalue weighted by atomic mass is 10.0. The molecule has 0 N–H and O–H groups in total. The lowest BCUT2D eigenvalue weighted by Crippen LogP contribution is -2.25. The number of sulfone groups is 1. The minimum Gasteiger partial charge on any atom is -0.300 e. The zero-order chi connectivity index (χ0) is 9.03. The van der Waals surface area contributed by atoms with Crippen LogP contribution in [0.5, 0.6) is 0 Å². The monoisotopic (exact) mass is 187 g/mol. The van der Waals surface area contributed by atoms with Gasteiger partial charge in [-0.25, -0.2) is 15.0 Å². The van der Waals surface area contributed by atoms with Crippen molar-refractivity contribution in [3.8, 4) is 0 Å². The number of hydrogen-bond donors (Lipinski definition) is 0. The Kier molecular flexibility index (Phi) is 3.10. The molecule has 0 atom stereocenters. The third-order valence-corrected chi connectivity index (χ3v) is 4.28. The summed E-state index contributed by atoms with van der Waals surface area (Å²) in [6.45, 7) is 6.52. The third kappa shape index (κ3) is 2.21. The van der Waals surface area contributed by atoms with Gasteiger partial charge in [-0.1, -0.05) is 19.3 Å². The maximum absolute atomic E-state index is 11.4. The highest BCUT2D eigenvalue weighted by molar-refractivity contribution is 7.92. The van der Waals surface area contributed by atoms with E-state index >= 15 is 0 Å². The molecule has 0 saturated heterocycles. The second kappa shape index (κ2) is 3.90. The molecule has 68 valence electrons. The van der Waals surface area contributed by atoms with Gasteiger partial charge in [-0.3, -0.25) is 4.85 Å². The van der Waals surface area contributed by atoms with Crippen LogP contribution in [0.4, 0.5) is 0 Å². The average molecular weight is 187 g/mol. The van der Waals surface area contributed by atoms with Gasteiger partial charge in [0.15, 0.2) is 0 Å². The van der Waals surface area contributed by atoms with Crippen molar-refractivity contribution >= 4 is 9.84 Å². The van der Waals surface area contributed by atoms with Crippen molar-refractivity contribution in [3.63, 3.8) is 0 Å². The third-order valence-electron chi connectivity index (χ3n) is 2.30. The highest BCUT2D eigenvalue weighted by Crippen LogP contribution is 2.24. The summed E-state index contributed by atoms with van der Waals surface area (Å²) >= 11 is 0. The van der Waals surface area contributed by atoms with Crippen molar-refractivity contribution in [2.75, 3.05) is 5.88 Å². The molecule has 0 heterocycles. The molecule has 0 radical (unpaired) electrons. The fourth-order valence-electron chi connectivity index (χ4n) is 1.62. The van der Waals surface area contributed by atoms with Crippen LogP contribution in [0.2, 0.25) is 0 Å². The van der Waals surface area contributed by atoms with E-state index in [1.165, 1.54) is 0 Å². The molecule has 3 nitrogen and oxygen atoms in total. The van der Waals surface area contributed by atoms with Crippen LogP contribution in [0, 0.1) is 6.57 Å². The van der Waals surface area contributed by atoms with Gasteiger partial charge in [0.25, 0.3) is 0 Å². The lowest BCUT2D eigenvalue weighted by Gasteiger charge is -2.18. The molecule has 0 spiro atoms. The van der Waals surface area contributed by atoms with E-state index in [-0.39, 0.29) is 11.1 Å². The smallest absolute Gasteiger partial charge is 0.300 e. The minimum absolute atomic E-state index is 0.222. The van der Waals surface area contributed by atoms with Gasteiger partial charge in [-0.2, -0.15) is 0 Å². The van der Waals surface area contributed by atoms with Gasteiger partial charge < -0.3 is 0 Å². The summed E-state index contributed by atoms with van der Waals surface area (Å²) in [5.74, 6) is -0.322. The maximum Gasteiger partial charge on any atom is 0.312 e. The fourth-order valence-corrected chi connectivity index (χ4v) is 3.06. The number of nitrogens with zero attached hydrogens (tertiary/aromatic N) is 1. The summed E-state index contributed by atoms with van der Waals surface area (Å²) in [5, 5.41) is -0.222. The standard InChI is InChI=1S/C8H13NO2S/c1-9-7-12(10,11)8-5-3-2-4-6-8/h8H,2-7H2. The predicted molar refractivity (Wildman–Crippen MR) is 47.3 cm³/mol. The van der Waals surface area contributed by atoms with E-state index in [1.54, 1.807) is 0 Å². The van der Waals surface area contributed by atoms with Crippen molar-refractivity contribution in [2.45, 2.75) is 37.4 Å². The zero-order valence-electron chi connectivity index (χ0n) is 6.99. The number of rotatable bonds is 2. The van der Waals surface area contributed by atoms with Crippen molar-refractivity contribution in [2.24, 2.45) is 0 Å². The van der Waals surface area contributed by atoms with E-state index in [2.05, 4.69) is 4.85 Å². The summed E-state index contributed by atoms with van der Waals surface area (Å²) in [6, 6.07) is 0. The summed E-state index contributed by atoms with van der Waals surface area (Å²) in [7, 11) is -3.09. The first-order chi connectivity index (χ1) is 5.67. The van der Waals surface area contributed by atoms with E-state index in [4.69, 9.17) is 6.57 Å². The summed E-state index contributed by atoms with van der Waals surface area (Å²) in [4.78, 5) is 2.94. The Bertz CT molecular complexity index is 270. The SMILES string of the molecule is [C-]#[N+]CS(=O)(=O)C1CCCCC1. The van der Waals surface area contributed by atoms with Crippen molar-refractivity contribution in [1.82, 2.24) is 0 Å². The maximum atomic E-state index is 11.4. The van der Waals surface area contributed by atoms with E-state index < -0.39 is 9.84 Å². The lowest BCUT2D eigenvalue weighted by molar-refractivity contribution is 0.485. The molecule has 0 unspecified atom stereocenters. The Balaban J connectivity index is 2.62. The molecule has 1 aliphatic rings. The van der Waals surface area contributed by atoms with Crippen LogP contribution in [0.25, 0.3) is 4.85 Å². The van der Waals surface area contributed by atoms with Gasteiger partial charge in [0, 0.05) is 0 Å². The fraction of sp³-hybridized carbons (Fsp3) is 0.875. The first-order valence-corrected chi connectivity index (χ1v) is 5.93. The molecule has 0 aliphatic heterocycles. The average Bonchev–Trinajstić information content (AvgIpc) is 2.06. The van der Waals surface area contributed by atoms with Gasteiger partial charge in [-0.05, 0) is 12.8 Å². The molecule has 1 rings (SSSR count). The van der Waals surface area contributed by atoms with E-state index in [1.807, 2.05) is 0 Å². The van der Waals surface area contributed by atoms with Crippen LogP contribution in [-0.2, 0) is 9.84 Å². The van der Waals surface area contributed by atoms with Gasteiger partial charge in [-0.15, -0.1) is 0 Å². The molecule has 1 saturated carbocycles. The van der Waals surface area contributed by atoms with Crippen LogP contribution >= 0.6 is 0 Å². The second-order valence-corrected chi connectivity index (χ2v) is 5.46. The van der Waals surface area contributed by atoms with Crippen LogP contribution in [-0.4, -0.2) is 19.5 Å². The summed E-state index contributed by atoms with van der Waals surface area (Å²) in [5.41, 5.74) is 0. The Morgan fingerprint density at radius 2 is 1.83 bits per heavy atom. The second-order valence-electron chi connectivity index (χ2n) is 3.21. The van der Waals surface area contributed by atoms with Crippen LogP contribution in [0.15, 0.2) is 0 Å². The van der Waals surface area contributed by atoms with Crippen molar-refractivity contribution in [1.29, 1.82) is 0 Å². The van der Waals surface area contributed by atoms with E-state index in [9.17, 15) is 8.42 Å². The Labute approximate surface area is 73.5 Å². The molecule has 0 aromatic carbocycles. The van der Waals surface area contributed by atoms with Crippen molar-refractivity contribution < 1.29 is 8.42 Å². The zero-order valence-corrected chi connectivity index (χ0v) is 7.81.